The van der Waals surface area contributed by atoms with Crippen molar-refractivity contribution in [3.8, 4) is 0 Å². The molecule has 0 aromatic heterocycles. The summed E-state index contributed by atoms with van der Waals surface area (Å²) in [6.07, 6.45) is 3.21. The Labute approximate surface area is 168 Å². The summed E-state index contributed by atoms with van der Waals surface area (Å²) in [4.78, 5) is 34.1. The maximum atomic E-state index is 12.7. The molecule has 4 rings (SSSR count). The molecule has 6 nitrogen and oxygen atoms in total. The number of likely N-dealkylation sites (tertiary alicyclic amines) is 2. The Morgan fingerprint density at radius 1 is 0.929 bits per heavy atom. The molecule has 0 radical (unpaired) electrons. The van der Waals surface area contributed by atoms with E-state index in [1.54, 1.807) is 0 Å². The predicted octanol–water partition coefficient (Wildman–Crippen LogP) is 1.39. The maximum Gasteiger partial charge on any atom is 0.253 e. The topological polar surface area (TPSA) is 47.1 Å². The Kier molecular flexibility index (Phi) is 5.97. The Morgan fingerprint density at radius 3 is 2.36 bits per heavy atom. The number of piperazine rings is 1. The molecule has 1 aromatic rings. The highest BCUT2D eigenvalue weighted by molar-refractivity contribution is 5.94. The van der Waals surface area contributed by atoms with E-state index in [9.17, 15) is 9.59 Å². The van der Waals surface area contributed by atoms with Crippen molar-refractivity contribution in [3.05, 3.63) is 35.9 Å². The molecule has 0 unspecified atom stereocenters. The van der Waals surface area contributed by atoms with E-state index < -0.39 is 0 Å². The van der Waals surface area contributed by atoms with Gasteiger partial charge in [0.2, 0.25) is 5.91 Å². The van der Waals surface area contributed by atoms with E-state index in [-0.39, 0.29) is 11.9 Å². The molecule has 28 heavy (non-hydrogen) atoms. The van der Waals surface area contributed by atoms with Crippen molar-refractivity contribution in [1.29, 1.82) is 0 Å². The number of amides is 2. The SMILES string of the molecule is CN1CCC[C@@H]1C(=O)N1CCN(C[C@H]2CCN(C(=O)c3ccccc3)C2)CC1. The molecule has 152 valence electrons. The summed E-state index contributed by atoms with van der Waals surface area (Å²) in [5.74, 6) is 1.01. The van der Waals surface area contributed by atoms with Gasteiger partial charge in [-0.15, -0.1) is 0 Å². The minimum atomic E-state index is 0.0962. The third-order valence-corrected chi connectivity index (χ3v) is 6.60. The number of carbonyl (C=O) groups is 2. The zero-order chi connectivity index (χ0) is 19.5. The van der Waals surface area contributed by atoms with Crippen LogP contribution in [-0.4, -0.2) is 96.9 Å². The summed E-state index contributed by atoms with van der Waals surface area (Å²) in [6.45, 7) is 7.34. The lowest BCUT2D eigenvalue weighted by Gasteiger charge is -2.37. The largest absolute Gasteiger partial charge is 0.339 e. The summed E-state index contributed by atoms with van der Waals surface area (Å²) in [6, 6.07) is 9.68. The van der Waals surface area contributed by atoms with Gasteiger partial charge in [-0.05, 0) is 50.9 Å². The van der Waals surface area contributed by atoms with Gasteiger partial charge in [0.05, 0.1) is 6.04 Å². The molecule has 1 aromatic carbocycles. The number of rotatable bonds is 4. The monoisotopic (exact) mass is 384 g/mol. The van der Waals surface area contributed by atoms with Crippen molar-refractivity contribution in [2.24, 2.45) is 5.92 Å². The number of hydrogen-bond acceptors (Lipinski definition) is 4. The molecule has 0 spiro atoms. The third-order valence-electron chi connectivity index (χ3n) is 6.60. The van der Waals surface area contributed by atoms with Crippen LogP contribution in [0.5, 0.6) is 0 Å². The first-order valence-electron chi connectivity index (χ1n) is 10.7. The normalized spacial score (nSPS) is 26.8. The second-order valence-corrected chi connectivity index (χ2v) is 8.54. The summed E-state index contributed by atoms with van der Waals surface area (Å²) in [7, 11) is 2.06. The van der Waals surface area contributed by atoms with Gasteiger partial charge in [-0.25, -0.2) is 0 Å². The van der Waals surface area contributed by atoms with Gasteiger partial charge in [0.15, 0.2) is 0 Å². The Hall–Kier alpha value is -1.92. The molecular formula is C22H32N4O2. The molecule has 6 heteroatoms. The molecule has 3 saturated heterocycles. The van der Waals surface area contributed by atoms with Crippen LogP contribution in [0.2, 0.25) is 0 Å². The smallest absolute Gasteiger partial charge is 0.253 e. The summed E-state index contributed by atoms with van der Waals surface area (Å²) in [5, 5.41) is 0. The van der Waals surface area contributed by atoms with Crippen LogP contribution in [0.25, 0.3) is 0 Å². The van der Waals surface area contributed by atoms with Crippen LogP contribution in [0, 0.1) is 5.92 Å². The van der Waals surface area contributed by atoms with Gasteiger partial charge >= 0.3 is 0 Å². The molecule has 3 aliphatic heterocycles. The van der Waals surface area contributed by atoms with Crippen molar-refractivity contribution in [3.63, 3.8) is 0 Å². The Balaban J connectivity index is 1.22. The van der Waals surface area contributed by atoms with Gasteiger partial charge in [-0.1, -0.05) is 18.2 Å². The summed E-state index contributed by atoms with van der Waals surface area (Å²) < 4.78 is 0. The number of hydrogen-bond donors (Lipinski definition) is 0. The lowest BCUT2D eigenvalue weighted by atomic mass is 10.1. The second-order valence-electron chi connectivity index (χ2n) is 8.54. The zero-order valence-corrected chi connectivity index (χ0v) is 16.9. The number of nitrogens with zero attached hydrogens (tertiary/aromatic N) is 4. The molecule has 3 fully saturated rings. The first-order chi connectivity index (χ1) is 13.6. The van der Waals surface area contributed by atoms with Crippen LogP contribution in [0.15, 0.2) is 30.3 Å². The van der Waals surface area contributed by atoms with E-state index in [1.165, 1.54) is 0 Å². The fraction of sp³-hybridized carbons (Fsp3) is 0.636. The second kappa shape index (κ2) is 8.62. The predicted molar refractivity (Wildman–Crippen MR) is 109 cm³/mol. The number of carbonyl (C=O) groups excluding carboxylic acids is 2. The van der Waals surface area contributed by atoms with Crippen LogP contribution < -0.4 is 0 Å². The standard InChI is InChI=1S/C22H32N4O2/c1-23-10-5-8-20(23)22(28)25-14-12-24(13-15-25)16-18-9-11-26(17-18)21(27)19-6-3-2-4-7-19/h2-4,6-7,18,20H,5,8-17H2,1H3/t18-,20-/m1/s1. The molecular weight excluding hydrogens is 352 g/mol. The van der Waals surface area contributed by atoms with E-state index in [0.717, 1.165) is 77.2 Å². The van der Waals surface area contributed by atoms with Crippen molar-refractivity contribution < 1.29 is 9.59 Å². The van der Waals surface area contributed by atoms with Crippen LogP contribution in [0.1, 0.15) is 29.6 Å². The van der Waals surface area contributed by atoms with Crippen molar-refractivity contribution >= 4 is 11.8 Å². The van der Waals surface area contributed by atoms with Crippen molar-refractivity contribution in [2.75, 3.05) is 59.4 Å². The third kappa shape index (κ3) is 4.23. The molecule has 0 saturated carbocycles. The van der Waals surface area contributed by atoms with Crippen LogP contribution >= 0.6 is 0 Å². The highest BCUT2D eigenvalue weighted by Gasteiger charge is 2.34. The van der Waals surface area contributed by atoms with Crippen molar-refractivity contribution in [2.45, 2.75) is 25.3 Å². The van der Waals surface area contributed by atoms with E-state index in [1.807, 2.05) is 35.2 Å². The van der Waals surface area contributed by atoms with Crippen LogP contribution in [-0.2, 0) is 4.79 Å². The quantitative estimate of drug-likeness (QED) is 0.787. The highest BCUT2D eigenvalue weighted by atomic mass is 16.2. The average molecular weight is 385 g/mol. The van der Waals surface area contributed by atoms with Crippen LogP contribution in [0.4, 0.5) is 0 Å². The number of benzene rings is 1. The van der Waals surface area contributed by atoms with Crippen LogP contribution in [0.3, 0.4) is 0 Å². The van der Waals surface area contributed by atoms with Gasteiger partial charge in [0.1, 0.15) is 0 Å². The van der Waals surface area contributed by atoms with Gasteiger partial charge in [-0.2, -0.15) is 0 Å². The maximum absolute atomic E-state index is 12.7. The van der Waals surface area contributed by atoms with E-state index in [2.05, 4.69) is 21.7 Å². The van der Waals surface area contributed by atoms with Gasteiger partial charge in [-0.3, -0.25) is 19.4 Å². The molecule has 2 amide bonds. The lowest BCUT2D eigenvalue weighted by molar-refractivity contribution is -0.137. The molecule has 3 aliphatic rings. The highest BCUT2D eigenvalue weighted by Crippen LogP contribution is 2.22. The summed E-state index contributed by atoms with van der Waals surface area (Å²) in [5.41, 5.74) is 0.784. The molecule has 0 N–H and O–H groups in total. The van der Waals surface area contributed by atoms with E-state index in [0.29, 0.717) is 11.8 Å². The minimum Gasteiger partial charge on any atom is -0.339 e. The molecule has 0 aliphatic carbocycles. The van der Waals surface area contributed by atoms with Gasteiger partial charge in [0.25, 0.3) is 5.91 Å². The summed E-state index contributed by atoms with van der Waals surface area (Å²) >= 11 is 0. The average Bonchev–Trinajstić information content (AvgIpc) is 3.37. The first kappa shape index (κ1) is 19.4. The van der Waals surface area contributed by atoms with Gasteiger partial charge in [0, 0.05) is 51.4 Å². The fourth-order valence-electron chi connectivity index (χ4n) is 4.88. The Morgan fingerprint density at radius 2 is 1.68 bits per heavy atom. The molecule has 0 bridgehead atoms. The molecule has 2 atom stereocenters. The lowest BCUT2D eigenvalue weighted by Crippen LogP contribution is -2.53. The van der Waals surface area contributed by atoms with Gasteiger partial charge < -0.3 is 9.80 Å². The van der Waals surface area contributed by atoms with Crippen molar-refractivity contribution in [1.82, 2.24) is 19.6 Å². The zero-order valence-electron chi connectivity index (χ0n) is 16.9. The van der Waals surface area contributed by atoms with E-state index in [4.69, 9.17) is 0 Å². The number of likely N-dealkylation sites (N-methyl/N-ethyl adjacent to an activating group) is 1. The van der Waals surface area contributed by atoms with E-state index >= 15 is 0 Å². The first-order valence-corrected chi connectivity index (χ1v) is 10.7. The minimum absolute atomic E-state index is 0.0962. The molecule has 3 heterocycles. The Bertz CT molecular complexity index is 687. The fourth-order valence-corrected chi connectivity index (χ4v) is 4.88.